The first kappa shape index (κ1) is 23.6. The lowest BCUT2D eigenvalue weighted by Crippen LogP contribution is -2.28. The Morgan fingerprint density at radius 2 is 1.81 bits per heavy atom. The minimum atomic E-state index is -0.468. The van der Waals surface area contributed by atoms with Gasteiger partial charge in [0.15, 0.2) is 0 Å². The molecular weight excluding hydrogens is 478 g/mol. The highest BCUT2D eigenvalue weighted by atomic mass is 16.6. The Labute approximate surface area is 210 Å². The van der Waals surface area contributed by atoms with E-state index in [4.69, 9.17) is 13.9 Å². The van der Waals surface area contributed by atoms with E-state index in [9.17, 15) is 9.59 Å². The van der Waals surface area contributed by atoms with Crippen molar-refractivity contribution in [2.75, 3.05) is 25.5 Å². The number of urea groups is 1. The maximum atomic E-state index is 12.1. The van der Waals surface area contributed by atoms with E-state index in [0.717, 1.165) is 5.56 Å². The van der Waals surface area contributed by atoms with E-state index >= 15 is 0 Å². The maximum Gasteiger partial charge on any atom is 0.334 e. The highest BCUT2D eigenvalue weighted by molar-refractivity contribution is 6.07. The first-order chi connectivity index (χ1) is 18.1. The minimum Gasteiger partial charge on any atom is -0.480 e. The number of amides is 2. The minimum absolute atomic E-state index is 0.0834. The molecule has 0 bridgehead atoms. The van der Waals surface area contributed by atoms with Gasteiger partial charge >= 0.3 is 12.0 Å². The highest BCUT2D eigenvalue weighted by Gasteiger charge is 2.24. The van der Waals surface area contributed by atoms with Gasteiger partial charge in [0.25, 0.3) is 0 Å². The lowest BCUT2D eigenvalue weighted by molar-refractivity contribution is -0.132. The number of cyclic esters (lactones) is 1. The molecule has 4 heterocycles. The molecule has 0 fully saturated rings. The van der Waals surface area contributed by atoms with Crippen LogP contribution in [-0.4, -0.2) is 58.3 Å². The number of hydrogen-bond donors (Lipinski definition) is 2. The molecule has 2 amide bonds. The molecule has 0 aliphatic carbocycles. The number of methoxy groups -OCH3 is 1. The zero-order valence-corrected chi connectivity index (χ0v) is 19.9. The number of carbonyl (C=O) groups excluding carboxylic acids is 2. The molecule has 12 nitrogen and oxygen atoms in total. The van der Waals surface area contributed by atoms with Gasteiger partial charge in [0, 0.05) is 35.6 Å². The van der Waals surface area contributed by atoms with Gasteiger partial charge in [-0.05, 0) is 31.2 Å². The van der Waals surface area contributed by atoms with E-state index in [1.165, 1.54) is 7.11 Å². The average Bonchev–Trinajstić information content (AvgIpc) is 3.59. The second-order valence-electron chi connectivity index (χ2n) is 7.75. The monoisotopic (exact) mass is 499 g/mol. The molecule has 0 radical (unpaired) electrons. The van der Waals surface area contributed by atoms with Crippen LogP contribution in [0.25, 0.3) is 34.0 Å². The molecule has 12 heteroatoms. The fourth-order valence-corrected chi connectivity index (χ4v) is 3.65. The number of ether oxygens (including phenoxy) is 2. The predicted molar refractivity (Wildman–Crippen MR) is 133 cm³/mol. The van der Waals surface area contributed by atoms with Crippen molar-refractivity contribution in [2.45, 2.75) is 6.92 Å². The van der Waals surface area contributed by atoms with Crippen molar-refractivity contribution in [3.8, 4) is 39.9 Å². The van der Waals surface area contributed by atoms with Gasteiger partial charge in [-0.25, -0.2) is 24.5 Å². The highest BCUT2D eigenvalue weighted by Crippen LogP contribution is 2.35. The summed E-state index contributed by atoms with van der Waals surface area (Å²) < 4.78 is 16.6. The lowest BCUT2D eigenvalue weighted by atomic mass is 10.0. The number of aromatic nitrogens is 4. The fourth-order valence-electron chi connectivity index (χ4n) is 3.65. The van der Waals surface area contributed by atoms with Crippen LogP contribution >= 0.6 is 0 Å². The standard InChI is InChI=1S/C25H21N7O5/c1-3-26-25(34)30-19-10-16(24-32-31-21(37-24)14-7-5-4-6-8-14)18(12-27-19)15-9-17(22(35-2)28-11-15)23-29-13-20(33)36-23/h4-12H,3,13H2,1-2H3,(H2,26,27,30,34). The van der Waals surface area contributed by atoms with Crippen LogP contribution in [0.1, 0.15) is 12.5 Å². The van der Waals surface area contributed by atoms with Gasteiger partial charge in [-0.2, -0.15) is 0 Å². The number of pyridine rings is 2. The summed E-state index contributed by atoms with van der Waals surface area (Å²) in [6, 6.07) is 12.3. The molecule has 0 saturated carbocycles. The molecule has 0 unspecified atom stereocenters. The summed E-state index contributed by atoms with van der Waals surface area (Å²) >= 11 is 0. The summed E-state index contributed by atoms with van der Waals surface area (Å²) in [6.45, 7) is 2.18. The van der Waals surface area contributed by atoms with Crippen molar-refractivity contribution in [3.63, 3.8) is 0 Å². The number of nitrogens with zero attached hydrogens (tertiary/aromatic N) is 5. The summed E-state index contributed by atoms with van der Waals surface area (Å²) in [5.74, 6) is 0.703. The van der Waals surface area contributed by atoms with Crippen LogP contribution in [0.15, 0.2) is 64.3 Å². The quantitative estimate of drug-likeness (QED) is 0.364. The van der Waals surface area contributed by atoms with Gasteiger partial charge in [0.05, 0.1) is 18.2 Å². The molecule has 5 rings (SSSR count). The number of rotatable bonds is 7. The van der Waals surface area contributed by atoms with Gasteiger partial charge < -0.3 is 19.2 Å². The van der Waals surface area contributed by atoms with Gasteiger partial charge in [-0.3, -0.25) is 5.32 Å². The molecule has 37 heavy (non-hydrogen) atoms. The van der Waals surface area contributed by atoms with Crippen LogP contribution < -0.4 is 15.4 Å². The number of aliphatic imine (C=N–C) groups is 1. The largest absolute Gasteiger partial charge is 0.480 e. The second kappa shape index (κ2) is 10.2. The Kier molecular flexibility index (Phi) is 6.53. The normalized spacial score (nSPS) is 12.6. The molecule has 186 valence electrons. The van der Waals surface area contributed by atoms with E-state index in [-0.39, 0.29) is 30.0 Å². The van der Waals surface area contributed by atoms with Crippen LogP contribution in [0.4, 0.5) is 10.6 Å². The molecule has 0 atom stereocenters. The number of nitrogens with one attached hydrogen (secondary N) is 2. The first-order valence-electron chi connectivity index (χ1n) is 11.3. The average molecular weight is 499 g/mol. The molecule has 4 aromatic rings. The number of carbonyl (C=O) groups is 2. The number of hydrogen-bond acceptors (Lipinski definition) is 10. The van der Waals surface area contributed by atoms with E-state index < -0.39 is 12.0 Å². The lowest BCUT2D eigenvalue weighted by Gasteiger charge is -2.12. The van der Waals surface area contributed by atoms with Gasteiger partial charge in [-0.1, -0.05) is 18.2 Å². The molecule has 2 N–H and O–H groups in total. The molecule has 0 spiro atoms. The van der Waals surface area contributed by atoms with Crippen LogP contribution in [0.3, 0.4) is 0 Å². The topological polar surface area (TPSA) is 154 Å². The van der Waals surface area contributed by atoms with E-state index in [0.29, 0.717) is 34.7 Å². The van der Waals surface area contributed by atoms with E-state index in [1.807, 2.05) is 37.3 Å². The fraction of sp³-hybridized carbons (Fsp3) is 0.160. The van der Waals surface area contributed by atoms with Crippen molar-refractivity contribution in [1.29, 1.82) is 0 Å². The zero-order valence-electron chi connectivity index (χ0n) is 19.9. The Morgan fingerprint density at radius 3 is 2.54 bits per heavy atom. The first-order valence-corrected chi connectivity index (χ1v) is 11.3. The van der Waals surface area contributed by atoms with Crippen molar-refractivity contribution in [1.82, 2.24) is 25.5 Å². The number of esters is 1. The van der Waals surface area contributed by atoms with Gasteiger partial charge in [-0.15, -0.1) is 10.2 Å². The maximum absolute atomic E-state index is 12.1. The summed E-state index contributed by atoms with van der Waals surface area (Å²) in [4.78, 5) is 36.6. The van der Waals surface area contributed by atoms with Gasteiger partial charge in [0.1, 0.15) is 12.4 Å². The Hall–Kier alpha value is -5.13. The molecule has 1 aromatic carbocycles. The summed E-state index contributed by atoms with van der Waals surface area (Å²) in [7, 11) is 1.46. The summed E-state index contributed by atoms with van der Waals surface area (Å²) in [5.41, 5.74) is 2.82. The molecule has 1 aliphatic rings. The van der Waals surface area contributed by atoms with E-state index in [1.54, 1.807) is 24.5 Å². The smallest absolute Gasteiger partial charge is 0.334 e. The molecule has 3 aromatic heterocycles. The summed E-state index contributed by atoms with van der Waals surface area (Å²) in [6.07, 6.45) is 3.13. The van der Waals surface area contributed by atoms with Crippen molar-refractivity contribution < 1.29 is 23.5 Å². The van der Waals surface area contributed by atoms with E-state index in [2.05, 4.69) is 35.8 Å². The van der Waals surface area contributed by atoms with Gasteiger partial charge in [0.2, 0.25) is 23.6 Å². The Bertz CT molecular complexity index is 1500. The molecule has 1 aliphatic heterocycles. The van der Waals surface area contributed by atoms with Crippen molar-refractivity contribution >= 4 is 23.7 Å². The van der Waals surface area contributed by atoms with Crippen LogP contribution in [0.5, 0.6) is 5.88 Å². The van der Waals surface area contributed by atoms with Crippen LogP contribution in [-0.2, 0) is 9.53 Å². The SMILES string of the molecule is CCNC(=O)Nc1cc(-c2nnc(-c3ccccc3)o2)c(-c2cnc(OC)c(C3=NCC(=O)O3)c2)cn1. The second-order valence-corrected chi connectivity index (χ2v) is 7.75. The van der Waals surface area contributed by atoms with Crippen molar-refractivity contribution in [2.24, 2.45) is 4.99 Å². The number of benzene rings is 1. The third kappa shape index (κ3) is 4.98. The zero-order chi connectivity index (χ0) is 25.8. The Morgan fingerprint density at radius 1 is 1.00 bits per heavy atom. The third-order valence-electron chi connectivity index (χ3n) is 5.31. The third-order valence-corrected chi connectivity index (χ3v) is 5.31. The van der Waals surface area contributed by atoms with Crippen LogP contribution in [0, 0.1) is 0 Å². The molecular formula is C25H21N7O5. The Balaban J connectivity index is 1.61. The molecule has 0 saturated heterocycles. The van der Waals surface area contributed by atoms with Crippen molar-refractivity contribution in [3.05, 3.63) is 60.4 Å². The number of anilines is 1. The summed E-state index contributed by atoms with van der Waals surface area (Å²) in [5, 5.41) is 13.8. The predicted octanol–water partition coefficient (Wildman–Crippen LogP) is 3.31. The van der Waals surface area contributed by atoms with Crippen LogP contribution in [0.2, 0.25) is 0 Å².